The smallest absolute Gasteiger partial charge is 0.305 e. The third kappa shape index (κ3) is 10.5. The second kappa shape index (κ2) is 14.5. The van der Waals surface area contributed by atoms with Gasteiger partial charge in [0.25, 0.3) is 0 Å². The molecule has 0 atom stereocenters. The van der Waals surface area contributed by atoms with Gasteiger partial charge in [0.15, 0.2) is 0 Å². The summed E-state index contributed by atoms with van der Waals surface area (Å²) in [5, 5.41) is 8.57. The largest absolute Gasteiger partial charge is 0.481 e. The van der Waals surface area contributed by atoms with E-state index in [0.29, 0.717) is 32.4 Å². The van der Waals surface area contributed by atoms with E-state index in [1.54, 1.807) is 0 Å². The molecule has 1 heterocycles. The number of Topliss-reactive ketones (excluding diaryl/α,β-unsaturated/α-hetero) is 1. The second-order valence-corrected chi connectivity index (χ2v) is 8.44. The third-order valence-electron chi connectivity index (χ3n) is 5.53. The van der Waals surface area contributed by atoms with Crippen LogP contribution in [0.2, 0.25) is 0 Å². The minimum Gasteiger partial charge on any atom is -0.481 e. The second-order valence-electron chi connectivity index (χ2n) is 8.44. The van der Waals surface area contributed by atoms with Crippen LogP contribution in [0.15, 0.2) is 0 Å². The molecular weight excluding hydrogens is 388 g/mol. The van der Waals surface area contributed by atoms with Gasteiger partial charge >= 0.3 is 5.97 Å². The van der Waals surface area contributed by atoms with E-state index in [9.17, 15) is 14.4 Å². The molecule has 30 heavy (non-hydrogen) atoms. The summed E-state index contributed by atoms with van der Waals surface area (Å²) < 4.78 is 10.8. The molecular formula is C22H40N2O6. The summed E-state index contributed by atoms with van der Waals surface area (Å²) >= 11 is 0. The van der Waals surface area contributed by atoms with Crippen LogP contribution in [0, 0.1) is 5.92 Å². The quantitative estimate of drug-likeness (QED) is 0.399. The van der Waals surface area contributed by atoms with Gasteiger partial charge in [-0.3, -0.25) is 14.4 Å². The van der Waals surface area contributed by atoms with Crippen LogP contribution in [0.5, 0.6) is 0 Å². The lowest BCUT2D eigenvalue weighted by atomic mass is 10.00. The number of aliphatic carboxylic acids is 1. The molecule has 8 nitrogen and oxygen atoms in total. The Bertz CT molecular complexity index is 530. The molecule has 0 radical (unpaired) electrons. The number of ketones is 1. The van der Waals surface area contributed by atoms with Crippen molar-refractivity contribution in [1.29, 1.82) is 0 Å². The zero-order valence-corrected chi connectivity index (χ0v) is 19.1. The molecule has 0 unspecified atom stereocenters. The summed E-state index contributed by atoms with van der Waals surface area (Å²) in [5.74, 6) is -0.796. The Morgan fingerprint density at radius 3 is 2.07 bits per heavy atom. The SMILES string of the molecule is CC(C)C(=O)CCC(=O)N(CCOCCOCCC(=O)O)C1CCN(C(C)C)CC1. The molecule has 1 fully saturated rings. The van der Waals surface area contributed by atoms with Gasteiger partial charge in [0, 0.05) is 50.5 Å². The van der Waals surface area contributed by atoms with E-state index < -0.39 is 5.97 Å². The van der Waals surface area contributed by atoms with Gasteiger partial charge < -0.3 is 24.4 Å². The Balaban J connectivity index is 2.47. The van der Waals surface area contributed by atoms with Crippen LogP contribution in [-0.4, -0.2) is 90.7 Å². The molecule has 0 spiro atoms. The number of hydrogen-bond acceptors (Lipinski definition) is 6. The zero-order chi connectivity index (χ0) is 22.5. The fourth-order valence-electron chi connectivity index (χ4n) is 3.53. The summed E-state index contributed by atoms with van der Waals surface area (Å²) in [6.07, 6.45) is 2.38. The molecule has 0 aromatic carbocycles. The van der Waals surface area contributed by atoms with Gasteiger partial charge in [-0.1, -0.05) is 13.8 Å². The van der Waals surface area contributed by atoms with Gasteiger partial charge in [0.1, 0.15) is 5.78 Å². The number of likely N-dealkylation sites (tertiary alicyclic amines) is 1. The number of carbonyl (C=O) groups is 3. The highest BCUT2D eigenvalue weighted by Crippen LogP contribution is 2.20. The number of ether oxygens (including phenoxy) is 2. The molecule has 8 heteroatoms. The van der Waals surface area contributed by atoms with Crippen molar-refractivity contribution in [1.82, 2.24) is 9.80 Å². The third-order valence-corrected chi connectivity index (χ3v) is 5.53. The van der Waals surface area contributed by atoms with Gasteiger partial charge in [-0.15, -0.1) is 0 Å². The topological polar surface area (TPSA) is 96.4 Å². The van der Waals surface area contributed by atoms with Crippen LogP contribution in [0.3, 0.4) is 0 Å². The fraction of sp³-hybridized carbons (Fsp3) is 0.864. The van der Waals surface area contributed by atoms with E-state index in [1.807, 2.05) is 18.7 Å². The Kier molecular flexibility index (Phi) is 12.8. The van der Waals surface area contributed by atoms with Gasteiger partial charge in [-0.05, 0) is 26.7 Å². The highest BCUT2D eigenvalue weighted by molar-refractivity contribution is 5.86. The molecule has 0 bridgehead atoms. The first-order valence-electron chi connectivity index (χ1n) is 11.2. The van der Waals surface area contributed by atoms with Gasteiger partial charge in [-0.2, -0.15) is 0 Å². The van der Waals surface area contributed by atoms with Crippen molar-refractivity contribution in [3.63, 3.8) is 0 Å². The normalized spacial score (nSPS) is 15.7. The first-order valence-corrected chi connectivity index (χ1v) is 11.2. The van der Waals surface area contributed by atoms with Crippen molar-refractivity contribution in [2.75, 3.05) is 46.1 Å². The van der Waals surface area contributed by atoms with Crippen molar-refractivity contribution in [3.05, 3.63) is 0 Å². The number of piperidine rings is 1. The summed E-state index contributed by atoms with van der Waals surface area (Å²) in [6, 6.07) is 0.681. The minimum atomic E-state index is -0.885. The van der Waals surface area contributed by atoms with Gasteiger partial charge in [-0.25, -0.2) is 0 Å². The average molecular weight is 429 g/mol. The number of nitrogens with zero attached hydrogens (tertiary/aromatic N) is 2. The average Bonchev–Trinajstić information content (AvgIpc) is 2.70. The molecule has 1 saturated heterocycles. The van der Waals surface area contributed by atoms with Crippen molar-refractivity contribution in [3.8, 4) is 0 Å². The molecule has 0 aromatic rings. The van der Waals surface area contributed by atoms with Gasteiger partial charge in [0.2, 0.25) is 5.91 Å². The Hall–Kier alpha value is -1.51. The molecule has 0 aliphatic carbocycles. The van der Waals surface area contributed by atoms with Crippen molar-refractivity contribution < 1.29 is 29.0 Å². The maximum atomic E-state index is 12.9. The summed E-state index contributed by atoms with van der Waals surface area (Å²) in [7, 11) is 0. The van der Waals surface area contributed by atoms with Crippen molar-refractivity contribution in [2.24, 2.45) is 5.92 Å². The molecule has 174 valence electrons. The first-order chi connectivity index (χ1) is 14.2. The summed E-state index contributed by atoms with van der Waals surface area (Å²) in [5.41, 5.74) is 0. The van der Waals surface area contributed by atoms with Gasteiger partial charge in [0.05, 0.1) is 32.8 Å². The van der Waals surface area contributed by atoms with E-state index in [1.165, 1.54) is 0 Å². The zero-order valence-electron chi connectivity index (χ0n) is 19.1. The number of hydrogen-bond donors (Lipinski definition) is 1. The van der Waals surface area contributed by atoms with Crippen LogP contribution in [-0.2, 0) is 23.9 Å². The standard InChI is InChI=1S/C22H40N2O6/c1-17(2)20(25)5-6-21(26)24(19-7-10-23(11-8-19)18(3)4)12-14-30-16-15-29-13-9-22(27)28/h17-19H,5-16H2,1-4H3,(H,27,28). The lowest BCUT2D eigenvalue weighted by Crippen LogP contribution is -2.49. The maximum absolute atomic E-state index is 12.9. The Morgan fingerprint density at radius 2 is 1.53 bits per heavy atom. The van der Waals surface area contributed by atoms with E-state index in [4.69, 9.17) is 14.6 Å². The molecule has 1 aliphatic rings. The van der Waals surface area contributed by atoms with Crippen LogP contribution >= 0.6 is 0 Å². The molecule has 1 aliphatic heterocycles. The predicted molar refractivity (Wildman–Crippen MR) is 114 cm³/mol. The minimum absolute atomic E-state index is 0.0214. The lowest BCUT2D eigenvalue weighted by molar-refractivity contribution is -0.138. The number of carboxylic acids is 1. The molecule has 1 amide bonds. The molecule has 0 saturated carbocycles. The summed E-state index contributed by atoms with van der Waals surface area (Å²) in [6.45, 7) is 11.8. The predicted octanol–water partition coefficient (Wildman–Crippen LogP) is 2.20. The Labute approximate surface area is 180 Å². The van der Waals surface area contributed by atoms with Crippen molar-refractivity contribution >= 4 is 17.7 Å². The van der Waals surface area contributed by atoms with E-state index in [0.717, 1.165) is 25.9 Å². The number of carbonyl (C=O) groups excluding carboxylic acids is 2. The molecule has 0 aromatic heterocycles. The van der Waals surface area contributed by atoms with Crippen molar-refractivity contribution in [2.45, 2.75) is 71.9 Å². The van der Waals surface area contributed by atoms with Crippen LogP contribution < -0.4 is 0 Å². The number of amides is 1. The lowest BCUT2D eigenvalue weighted by Gasteiger charge is -2.40. The van der Waals surface area contributed by atoms with E-state index in [-0.39, 0.29) is 49.5 Å². The maximum Gasteiger partial charge on any atom is 0.305 e. The molecule has 1 N–H and O–H groups in total. The highest BCUT2D eigenvalue weighted by atomic mass is 16.5. The monoisotopic (exact) mass is 428 g/mol. The number of rotatable bonds is 15. The molecule has 1 rings (SSSR count). The van der Waals surface area contributed by atoms with Crippen LogP contribution in [0.1, 0.15) is 59.8 Å². The van der Waals surface area contributed by atoms with Crippen LogP contribution in [0.4, 0.5) is 0 Å². The highest BCUT2D eigenvalue weighted by Gasteiger charge is 2.28. The summed E-state index contributed by atoms with van der Waals surface area (Å²) in [4.78, 5) is 39.6. The first kappa shape index (κ1) is 26.5. The van der Waals surface area contributed by atoms with E-state index >= 15 is 0 Å². The van der Waals surface area contributed by atoms with E-state index in [2.05, 4.69) is 18.7 Å². The fourth-order valence-corrected chi connectivity index (χ4v) is 3.53. The van der Waals surface area contributed by atoms with Crippen LogP contribution in [0.25, 0.3) is 0 Å². The number of carboxylic acid groups (broad SMARTS) is 1. The Morgan fingerprint density at radius 1 is 0.933 bits per heavy atom.